The summed E-state index contributed by atoms with van der Waals surface area (Å²) in [6.07, 6.45) is 0.612. The van der Waals surface area contributed by atoms with Crippen LogP contribution in [0.2, 0.25) is 0 Å². The lowest BCUT2D eigenvalue weighted by Gasteiger charge is -2.10. The first-order chi connectivity index (χ1) is 13.6. The monoisotopic (exact) mass is 468 g/mol. The number of hydrogen-bond donors (Lipinski definition) is 1. The van der Waals surface area contributed by atoms with E-state index in [0.29, 0.717) is 6.42 Å². The molecule has 4 rings (SSSR count). The zero-order valence-electron chi connectivity index (χ0n) is 15.1. The van der Waals surface area contributed by atoms with Crippen molar-refractivity contribution < 1.29 is 4.74 Å². The second-order valence-corrected chi connectivity index (χ2v) is 8.75. The molecule has 0 saturated heterocycles. The van der Waals surface area contributed by atoms with Crippen molar-refractivity contribution in [3.05, 3.63) is 76.8 Å². The van der Waals surface area contributed by atoms with Gasteiger partial charge in [0.1, 0.15) is 5.75 Å². The minimum absolute atomic E-state index is 0.612. The molecule has 0 aromatic heterocycles. The second kappa shape index (κ2) is 8.47. The first-order valence-corrected chi connectivity index (χ1v) is 10.7. The number of ether oxygens (including phenoxy) is 1. The van der Waals surface area contributed by atoms with Crippen LogP contribution in [0.5, 0.6) is 5.75 Å². The third kappa shape index (κ3) is 4.29. The lowest BCUT2D eigenvalue weighted by Crippen LogP contribution is -2.12. The molecule has 1 aliphatic rings. The third-order valence-corrected chi connectivity index (χ3v) is 6.12. The molecule has 3 aromatic rings. The maximum absolute atomic E-state index is 5.52. The highest BCUT2D eigenvalue weighted by atomic mass is 79.9. The molecular formula is C22H17BrN2OS2. The summed E-state index contributed by atoms with van der Waals surface area (Å²) in [5.41, 5.74) is 3.85. The van der Waals surface area contributed by atoms with Gasteiger partial charge in [-0.05, 0) is 48.0 Å². The SMILES string of the molecule is COc1ccccc1Sc1ccc2c(c1)N=C(c1ccc(Br)cc1)CC(=S)N2. The zero-order chi connectivity index (χ0) is 19.5. The van der Waals surface area contributed by atoms with Gasteiger partial charge in [0, 0.05) is 15.8 Å². The topological polar surface area (TPSA) is 33.6 Å². The highest BCUT2D eigenvalue weighted by Gasteiger charge is 2.16. The van der Waals surface area contributed by atoms with Gasteiger partial charge in [-0.25, -0.2) is 0 Å². The first-order valence-electron chi connectivity index (χ1n) is 8.70. The molecule has 3 aromatic carbocycles. The van der Waals surface area contributed by atoms with Crippen LogP contribution in [-0.2, 0) is 0 Å². The largest absolute Gasteiger partial charge is 0.496 e. The van der Waals surface area contributed by atoms with Crippen LogP contribution in [0, 0.1) is 0 Å². The fraction of sp³-hybridized carbons (Fsp3) is 0.0909. The van der Waals surface area contributed by atoms with Gasteiger partial charge in [0.25, 0.3) is 0 Å². The standard InChI is InChI=1S/C22H17BrN2OS2/c1-26-20-4-2-3-5-21(20)28-16-10-11-17-19(12-16)24-18(13-22(27)25-17)14-6-8-15(23)9-7-14/h2-12H,13H2,1H3,(H,25,27). The Hall–Kier alpha value is -2.15. The number of fused-ring (bicyclic) bond motifs is 1. The molecule has 0 radical (unpaired) electrons. The van der Waals surface area contributed by atoms with E-state index in [1.165, 1.54) is 0 Å². The average molecular weight is 469 g/mol. The van der Waals surface area contributed by atoms with Crippen LogP contribution in [0.25, 0.3) is 0 Å². The van der Waals surface area contributed by atoms with Gasteiger partial charge < -0.3 is 10.1 Å². The number of nitrogens with zero attached hydrogens (tertiary/aromatic N) is 1. The van der Waals surface area contributed by atoms with Crippen molar-refractivity contribution in [1.82, 2.24) is 0 Å². The van der Waals surface area contributed by atoms with Crippen LogP contribution >= 0.6 is 39.9 Å². The third-order valence-electron chi connectivity index (χ3n) is 4.30. The summed E-state index contributed by atoms with van der Waals surface area (Å²) in [5.74, 6) is 0.862. The molecule has 28 heavy (non-hydrogen) atoms. The summed E-state index contributed by atoms with van der Waals surface area (Å²) in [6, 6.07) is 22.4. The number of aliphatic imine (C=N–C) groups is 1. The van der Waals surface area contributed by atoms with E-state index in [9.17, 15) is 0 Å². The Morgan fingerprint density at radius 2 is 1.86 bits per heavy atom. The summed E-state index contributed by atoms with van der Waals surface area (Å²) < 4.78 is 6.51. The minimum Gasteiger partial charge on any atom is -0.496 e. The molecule has 3 nitrogen and oxygen atoms in total. The Bertz CT molecular complexity index is 1060. The Balaban J connectivity index is 1.71. The van der Waals surface area contributed by atoms with E-state index in [2.05, 4.69) is 51.6 Å². The predicted octanol–water partition coefficient (Wildman–Crippen LogP) is 6.87. The van der Waals surface area contributed by atoms with Gasteiger partial charge in [-0.1, -0.05) is 64.2 Å². The van der Waals surface area contributed by atoms with Crippen molar-refractivity contribution in [2.24, 2.45) is 4.99 Å². The van der Waals surface area contributed by atoms with Crippen molar-refractivity contribution >= 4 is 62.0 Å². The quantitative estimate of drug-likeness (QED) is 0.423. The summed E-state index contributed by atoms with van der Waals surface area (Å²) in [6.45, 7) is 0. The lowest BCUT2D eigenvalue weighted by atomic mass is 10.1. The van der Waals surface area contributed by atoms with Crippen LogP contribution in [0.4, 0.5) is 11.4 Å². The first kappa shape index (κ1) is 19.2. The van der Waals surface area contributed by atoms with E-state index in [0.717, 1.165) is 47.7 Å². The number of benzene rings is 3. The number of para-hydroxylation sites is 1. The molecule has 0 spiro atoms. The van der Waals surface area contributed by atoms with Gasteiger partial charge in [-0.15, -0.1) is 0 Å². The Kier molecular flexibility index (Phi) is 5.80. The number of rotatable bonds is 4. The van der Waals surface area contributed by atoms with E-state index in [-0.39, 0.29) is 0 Å². The summed E-state index contributed by atoms with van der Waals surface area (Å²) in [7, 11) is 1.69. The van der Waals surface area contributed by atoms with Crippen molar-refractivity contribution in [3.8, 4) is 5.75 Å². The number of hydrogen-bond acceptors (Lipinski definition) is 4. The maximum atomic E-state index is 5.52. The zero-order valence-corrected chi connectivity index (χ0v) is 18.3. The highest BCUT2D eigenvalue weighted by molar-refractivity contribution is 9.10. The summed E-state index contributed by atoms with van der Waals surface area (Å²) in [5, 5.41) is 3.32. The van der Waals surface area contributed by atoms with Gasteiger partial charge in [-0.2, -0.15) is 0 Å². The fourth-order valence-corrected chi connectivity index (χ4v) is 4.41. The number of thiocarbonyl (C=S) groups is 1. The van der Waals surface area contributed by atoms with Crippen LogP contribution in [-0.4, -0.2) is 17.8 Å². The van der Waals surface area contributed by atoms with E-state index in [4.69, 9.17) is 21.9 Å². The normalized spacial score (nSPS) is 13.2. The smallest absolute Gasteiger partial charge is 0.132 e. The van der Waals surface area contributed by atoms with Gasteiger partial charge in [0.15, 0.2) is 0 Å². The summed E-state index contributed by atoms with van der Waals surface area (Å²) >= 11 is 10.7. The molecular weight excluding hydrogens is 452 g/mol. The van der Waals surface area contributed by atoms with E-state index in [1.807, 2.05) is 36.4 Å². The number of anilines is 1. The van der Waals surface area contributed by atoms with E-state index < -0.39 is 0 Å². The summed E-state index contributed by atoms with van der Waals surface area (Å²) in [4.78, 5) is 7.87. The molecule has 0 saturated carbocycles. The molecule has 6 heteroatoms. The molecule has 140 valence electrons. The van der Waals surface area contributed by atoms with Gasteiger partial charge >= 0.3 is 0 Å². The molecule has 0 unspecified atom stereocenters. The molecule has 0 aliphatic carbocycles. The lowest BCUT2D eigenvalue weighted by molar-refractivity contribution is 0.405. The van der Waals surface area contributed by atoms with Crippen LogP contribution in [0.15, 0.2) is 86.0 Å². The van der Waals surface area contributed by atoms with Crippen molar-refractivity contribution in [3.63, 3.8) is 0 Å². The van der Waals surface area contributed by atoms with E-state index >= 15 is 0 Å². The number of nitrogens with one attached hydrogen (secondary N) is 1. The Morgan fingerprint density at radius 1 is 1.07 bits per heavy atom. The molecule has 0 bridgehead atoms. The molecule has 0 fully saturated rings. The molecule has 1 N–H and O–H groups in total. The maximum Gasteiger partial charge on any atom is 0.132 e. The average Bonchev–Trinajstić information content (AvgIpc) is 2.86. The van der Waals surface area contributed by atoms with Gasteiger partial charge in [0.05, 0.1) is 34.1 Å². The highest BCUT2D eigenvalue weighted by Crippen LogP contribution is 2.39. The van der Waals surface area contributed by atoms with Gasteiger partial charge in [-0.3, -0.25) is 4.99 Å². The van der Waals surface area contributed by atoms with Crippen LogP contribution in [0.1, 0.15) is 12.0 Å². The Labute approximate surface area is 182 Å². The molecule has 1 heterocycles. The number of methoxy groups -OCH3 is 1. The second-order valence-electron chi connectivity index (χ2n) is 6.22. The number of halogens is 1. The predicted molar refractivity (Wildman–Crippen MR) is 125 cm³/mol. The van der Waals surface area contributed by atoms with Crippen molar-refractivity contribution in [2.75, 3.05) is 12.4 Å². The molecule has 1 aliphatic heterocycles. The minimum atomic E-state index is 0.612. The van der Waals surface area contributed by atoms with E-state index in [1.54, 1.807) is 18.9 Å². The van der Waals surface area contributed by atoms with Crippen LogP contribution in [0.3, 0.4) is 0 Å². The fourth-order valence-electron chi connectivity index (χ4n) is 2.94. The Morgan fingerprint density at radius 3 is 2.64 bits per heavy atom. The van der Waals surface area contributed by atoms with Crippen molar-refractivity contribution in [2.45, 2.75) is 16.2 Å². The van der Waals surface area contributed by atoms with Gasteiger partial charge in [0.2, 0.25) is 0 Å². The molecule has 0 amide bonds. The van der Waals surface area contributed by atoms with Crippen molar-refractivity contribution in [1.29, 1.82) is 0 Å². The van der Waals surface area contributed by atoms with Crippen LogP contribution < -0.4 is 10.1 Å². The molecule has 0 atom stereocenters.